The molecule has 0 amide bonds. The summed E-state index contributed by atoms with van der Waals surface area (Å²) < 4.78 is 0. The fourth-order valence-corrected chi connectivity index (χ4v) is 2.66. The van der Waals surface area contributed by atoms with Crippen LogP contribution in [0.25, 0.3) is 10.9 Å². The van der Waals surface area contributed by atoms with E-state index in [2.05, 4.69) is 21.7 Å². The first-order valence-electron chi connectivity index (χ1n) is 6.07. The number of nitrogens with one attached hydrogen (secondary N) is 3. The Morgan fingerprint density at radius 1 is 1.24 bits per heavy atom. The standard InChI is InChI=1S/C13H16ClN3/c14-10-7-9-1-6-16-13(9)12(8-10)17-11-2-4-15-5-3-11/h1,6-8,11,15-17H,2-5H2. The molecule has 1 fully saturated rings. The highest BCUT2D eigenvalue weighted by Crippen LogP contribution is 2.28. The van der Waals surface area contributed by atoms with Gasteiger partial charge in [-0.05, 0) is 44.1 Å². The van der Waals surface area contributed by atoms with Gasteiger partial charge in [0.25, 0.3) is 0 Å². The van der Waals surface area contributed by atoms with Gasteiger partial charge in [-0.15, -0.1) is 0 Å². The molecule has 0 atom stereocenters. The van der Waals surface area contributed by atoms with Gasteiger partial charge in [0.05, 0.1) is 11.2 Å². The van der Waals surface area contributed by atoms with E-state index in [0.29, 0.717) is 6.04 Å². The predicted octanol–water partition coefficient (Wildman–Crippen LogP) is 2.99. The lowest BCUT2D eigenvalue weighted by molar-refractivity contribution is 0.479. The highest BCUT2D eigenvalue weighted by Gasteiger charge is 2.14. The molecule has 1 aliphatic heterocycles. The number of hydrogen-bond donors (Lipinski definition) is 3. The van der Waals surface area contributed by atoms with Crippen LogP contribution in [-0.2, 0) is 0 Å². The number of fused-ring (bicyclic) bond motifs is 1. The van der Waals surface area contributed by atoms with Crippen molar-refractivity contribution >= 4 is 28.2 Å². The summed E-state index contributed by atoms with van der Waals surface area (Å²) in [6.45, 7) is 2.18. The second kappa shape index (κ2) is 4.59. The molecule has 0 unspecified atom stereocenters. The second-order valence-corrected chi connectivity index (χ2v) is 5.00. The SMILES string of the molecule is Clc1cc(NC2CCNCC2)c2[nH]ccc2c1. The third kappa shape index (κ3) is 2.26. The van der Waals surface area contributed by atoms with Crippen LogP contribution in [0.5, 0.6) is 0 Å². The van der Waals surface area contributed by atoms with Gasteiger partial charge in [0.2, 0.25) is 0 Å². The van der Waals surface area contributed by atoms with Crippen molar-refractivity contribution in [3.05, 3.63) is 29.4 Å². The molecule has 0 aliphatic carbocycles. The number of halogens is 1. The Labute approximate surface area is 106 Å². The summed E-state index contributed by atoms with van der Waals surface area (Å²) in [5, 5.41) is 8.91. The van der Waals surface area contributed by atoms with Gasteiger partial charge < -0.3 is 15.6 Å². The lowest BCUT2D eigenvalue weighted by Crippen LogP contribution is -2.35. The molecule has 1 saturated heterocycles. The Morgan fingerprint density at radius 3 is 2.88 bits per heavy atom. The van der Waals surface area contributed by atoms with Crippen LogP contribution in [0.2, 0.25) is 5.02 Å². The molecule has 2 aromatic rings. The number of benzene rings is 1. The first-order valence-corrected chi connectivity index (χ1v) is 6.44. The highest BCUT2D eigenvalue weighted by molar-refractivity contribution is 6.31. The van der Waals surface area contributed by atoms with Gasteiger partial charge >= 0.3 is 0 Å². The Hall–Kier alpha value is -1.19. The van der Waals surface area contributed by atoms with E-state index in [9.17, 15) is 0 Å². The number of piperidine rings is 1. The van der Waals surface area contributed by atoms with Gasteiger partial charge in [0.15, 0.2) is 0 Å². The van der Waals surface area contributed by atoms with E-state index < -0.39 is 0 Å². The van der Waals surface area contributed by atoms with E-state index in [-0.39, 0.29) is 0 Å². The molecular weight excluding hydrogens is 234 g/mol. The first-order chi connectivity index (χ1) is 8.33. The summed E-state index contributed by atoms with van der Waals surface area (Å²) in [6, 6.07) is 6.58. The van der Waals surface area contributed by atoms with Gasteiger partial charge in [0.1, 0.15) is 0 Å². The molecule has 4 heteroatoms. The number of rotatable bonds is 2. The van der Waals surface area contributed by atoms with E-state index >= 15 is 0 Å². The average molecular weight is 250 g/mol. The molecule has 90 valence electrons. The topological polar surface area (TPSA) is 39.8 Å². The van der Waals surface area contributed by atoms with Crippen LogP contribution in [0, 0.1) is 0 Å². The van der Waals surface area contributed by atoms with E-state index in [4.69, 9.17) is 11.6 Å². The van der Waals surface area contributed by atoms with Crippen molar-refractivity contribution in [2.24, 2.45) is 0 Å². The minimum Gasteiger partial charge on any atom is -0.380 e. The molecule has 0 bridgehead atoms. The summed E-state index contributed by atoms with van der Waals surface area (Å²) >= 11 is 6.13. The van der Waals surface area contributed by atoms with Crippen LogP contribution >= 0.6 is 11.6 Å². The molecule has 0 saturated carbocycles. The molecule has 3 N–H and O–H groups in total. The number of anilines is 1. The minimum atomic E-state index is 0.543. The molecule has 0 radical (unpaired) electrons. The fourth-order valence-electron chi connectivity index (χ4n) is 2.44. The zero-order valence-electron chi connectivity index (χ0n) is 9.59. The maximum atomic E-state index is 6.13. The molecule has 3 nitrogen and oxygen atoms in total. The van der Waals surface area contributed by atoms with Crippen LogP contribution in [0.1, 0.15) is 12.8 Å². The van der Waals surface area contributed by atoms with E-state index in [1.54, 1.807) is 0 Å². The molecule has 1 aromatic heterocycles. The summed E-state index contributed by atoms with van der Waals surface area (Å²) in [5.41, 5.74) is 2.26. The van der Waals surface area contributed by atoms with Crippen LogP contribution in [0.15, 0.2) is 24.4 Å². The molecule has 0 spiro atoms. The smallest absolute Gasteiger partial charge is 0.0690 e. The Morgan fingerprint density at radius 2 is 2.06 bits per heavy atom. The van der Waals surface area contributed by atoms with Gasteiger partial charge in [-0.1, -0.05) is 11.6 Å². The molecule has 17 heavy (non-hydrogen) atoms. The van der Waals surface area contributed by atoms with Crippen molar-refractivity contribution in [3.63, 3.8) is 0 Å². The van der Waals surface area contributed by atoms with Gasteiger partial charge in [-0.25, -0.2) is 0 Å². The van der Waals surface area contributed by atoms with Gasteiger partial charge in [-0.2, -0.15) is 0 Å². The highest BCUT2D eigenvalue weighted by atomic mass is 35.5. The zero-order chi connectivity index (χ0) is 11.7. The summed E-state index contributed by atoms with van der Waals surface area (Å²) in [7, 11) is 0. The third-order valence-corrected chi connectivity index (χ3v) is 3.54. The second-order valence-electron chi connectivity index (χ2n) is 4.56. The number of aromatic nitrogens is 1. The third-order valence-electron chi connectivity index (χ3n) is 3.32. The van der Waals surface area contributed by atoms with Crippen LogP contribution in [0.3, 0.4) is 0 Å². The van der Waals surface area contributed by atoms with Crippen molar-refractivity contribution in [3.8, 4) is 0 Å². The van der Waals surface area contributed by atoms with Gasteiger partial charge in [-0.3, -0.25) is 0 Å². The largest absolute Gasteiger partial charge is 0.380 e. The summed E-state index contributed by atoms with van der Waals surface area (Å²) in [5.74, 6) is 0. The minimum absolute atomic E-state index is 0.543. The zero-order valence-corrected chi connectivity index (χ0v) is 10.3. The Balaban J connectivity index is 1.90. The fraction of sp³-hybridized carbons (Fsp3) is 0.385. The number of aromatic amines is 1. The lowest BCUT2D eigenvalue weighted by Gasteiger charge is -2.25. The maximum absolute atomic E-state index is 6.13. The van der Waals surface area contributed by atoms with Crippen LogP contribution < -0.4 is 10.6 Å². The normalized spacial score (nSPS) is 17.5. The quantitative estimate of drug-likeness (QED) is 0.766. The van der Waals surface area contributed by atoms with Crippen molar-refractivity contribution < 1.29 is 0 Å². The molecule has 2 heterocycles. The van der Waals surface area contributed by atoms with Gasteiger partial charge in [0, 0.05) is 22.6 Å². The molecule has 1 aromatic carbocycles. The number of hydrogen-bond acceptors (Lipinski definition) is 2. The maximum Gasteiger partial charge on any atom is 0.0690 e. The van der Waals surface area contributed by atoms with Crippen LogP contribution in [-0.4, -0.2) is 24.1 Å². The van der Waals surface area contributed by atoms with E-state index in [1.165, 1.54) is 0 Å². The summed E-state index contributed by atoms with van der Waals surface area (Å²) in [4.78, 5) is 3.27. The van der Waals surface area contributed by atoms with Crippen LogP contribution in [0.4, 0.5) is 5.69 Å². The van der Waals surface area contributed by atoms with Crippen molar-refractivity contribution in [2.75, 3.05) is 18.4 Å². The van der Waals surface area contributed by atoms with E-state index in [0.717, 1.165) is 47.5 Å². The van der Waals surface area contributed by atoms with E-state index in [1.807, 2.05) is 18.3 Å². The summed E-state index contributed by atoms with van der Waals surface area (Å²) in [6.07, 6.45) is 4.28. The molecule has 1 aliphatic rings. The first kappa shape index (κ1) is 10.9. The molecular formula is C13H16ClN3. The van der Waals surface area contributed by atoms with Crippen molar-refractivity contribution in [1.29, 1.82) is 0 Å². The lowest BCUT2D eigenvalue weighted by atomic mass is 10.1. The number of H-pyrrole nitrogens is 1. The van der Waals surface area contributed by atoms with Crippen molar-refractivity contribution in [2.45, 2.75) is 18.9 Å². The predicted molar refractivity (Wildman–Crippen MR) is 72.8 cm³/mol. The van der Waals surface area contributed by atoms with Crippen molar-refractivity contribution in [1.82, 2.24) is 10.3 Å². The molecule has 3 rings (SSSR count). The Kier molecular flexibility index (Phi) is 2.95. The average Bonchev–Trinajstić information content (AvgIpc) is 2.78. The monoisotopic (exact) mass is 249 g/mol. The Bertz CT molecular complexity index is 514.